The second kappa shape index (κ2) is 42.3. The van der Waals surface area contributed by atoms with Gasteiger partial charge in [0, 0.05) is 127 Å². The maximum atomic E-state index is 13.2. The third-order valence-corrected chi connectivity index (χ3v) is 38.1. The Morgan fingerprint density at radius 1 is 0.303 bits per heavy atom. The second-order valence-corrected chi connectivity index (χ2v) is 51.5. The summed E-state index contributed by atoms with van der Waals surface area (Å²) in [5.41, 5.74) is 14.6. The van der Waals surface area contributed by atoms with Gasteiger partial charge in [-0.1, -0.05) is 60.7 Å². The van der Waals surface area contributed by atoms with E-state index in [-0.39, 0.29) is 56.5 Å². The van der Waals surface area contributed by atoms with Crippen LogP contribution in [-0.4, -0.2) is 309 Å². The maximum Gasteiger partial charge on any atom is 0.239 e. The predicted octanol–water partition coefficient (Wildman–Crippen LogP) is 14.1. The molecule has 145 heavy (non-hydrogen) atoms. The highest BCUT2D eigenvalue weighted by Crippen LogP contribution is 2.40. The molecule has 5 aromatic carbocycles. The zero-order chi connectivity index (χ0) is 101. The minimum atomic E-state index is -2.48. The number of benzene rings is 5. The Hall–Kier alpha value is -12.3. The van der Waals surface area contributed by atoms with Crippen LogP contribution in [-0.2, 0) is 77.1 Å². The van der Waals surface area contributed by atoms with E-state index in [1.165, 1.54) is 0 Å². The molecule has 10 aliphatic rings. The first-order valence-electron chi connectivity index (χ1n) is 49.3. The van der Waals surface area contributed by atoms with Crippen molar-refractivity contribution in [3.8, 4) is 35.2 Å². The highest BCUT2D eigenvalue weighted by atomic mass is 32.2. The van der Waals surface area contributed by atoms with Crippen molar-refractivity contribution < 1.29 is 49.5 Å². The molecule has 6 saturated heterocycles. The van der Waals surface area contributed by atoms with Crippen molar-refractivity contribution in [1.29, 1.82) is 0 Å². The van der Waals surface area contributed by atoms with E-state index in [9.17, 15) is 21.0 Å². The molecule has 10 fully saturated rings. The number of anilines is 6. The first-order chi connectivity index (χ1) is 69.9. The Labute approximate surface area is 844 Å². The van der Waals surface area contributed by atoms with Crippen LogP contribution in [0.5, 0.6) is 0 Å². The third kappa shape index (κ3) is 23.2. The van der Waals surface area contributed by atoms with Crippen molar-refractivity contribution in [3.05, 3.63) is 176 Å². The number of imidazole rings is 4. The number of hydrogen-bond acceptors (Lipinski definition) is 36. The SMILES string of the molecule is C[C@@H]1COCCN1c1cc(N=S(C)(=O)C2CC2)nc(-n2cnc3ccccc32)n1.C[C@@H]1COCCN1c1cc(N=[S@@](C)(=O)C2CC2)nc(-c2cccc(N)c2)n1.C[C@@H]1COCCN1c1cc(N=[S@@](C)(=O)C2CC2)nc(-n2cnc3ccccc32)n1.C[C@@H]1COCCN1c1cc(N=[S@](C)(=O)C2CC2)nc(-n2cnc3ccccc32)n1.Cc1nc2ccccc2n1-c1nc(N=S(C)(=O)C2COC2)cc(N2CCOC[C@H]2C)n1. The zero-order valence-electron chi connectivity index (χ0n) is 83.2. The fraction of sp³-hybridized carbons (Fsp3) is 0.460. The van der Waals surface area contributed by atoms with Gasteiger partial charge in [-0.25, -0.2) is 50.9 Å². The summed E-state index contributed by atoms with van der Waals surface area (Å²) in [6, 6.07) is 49.0. The molecule has 4 saturated carbocycles. The number of nitrogens with zero attached hydrogens (tertiary/aromatic N) is 28. The van der Waals surface area contributed by atoms with Gasteiger partial charge in [-0.2, -0.15) is 61.7 Å². The quantitative estimate of drug-likeness (QED) is 0.0692. The molecule has 24 rings (SSSR count). The molecule has 0 bridgehead atoms. The molecule has 0 amide bonds. The van der Waals surface area contributed by atoms with Gasteiger partial charge in [0.1, 0.15) is 53.9 Å². The van der Waals surface area contributed by atoms with Crippen molar-refractivity contribution in [2.24, 2.45) is 21.8 Å². The second-order valence-electron chi connectivity index (χ2n) is 38.7. The summed E-state index contributed by atoms with van der Waals surface area (Å²) in [6.07, 6.45) is 21.5. The van der Waals surface area contributed by atoms with E-state index in [1.807, 2.05) is 177 Å². The van der Waals surface area contributed by atoms with Gasteiger partial charge >= 0.3 is 0 Å². The normalized spacial score (nSPS) is 21.9. The van der Waals surface area contributed by atoms with Crippen LogP contribution in [0.1, 0.15) is 91.8 Å². The third-order valence-electron chi connectivity index (χ3n) is 27.0. The lowest BCUT2D eigenvalue weighted by atomic mass is 10.2. The topological polar surface area (TPSA) is 445 Å². The van der Waals surface area contributed by atoms with E-state index < -0.39 is 48.6 Å². The molecule has 0 spiro atoms. The minimum absolute atomic E-state index is 0.0764. The number of nitrogen functional groups attached to an aromatic ring is 1. The largest absolute Gasteiger partial charge is 0.399 e. The highest BCUT2D eigenvalue weighted by molar-refractivity contribution is 7.95. The highest BCUT2D eigenvalue weighted by Gasteiger charge is 2.38. The lowest BCUT2D eigenvalue weighted by Crippen LogP contribution is -2.44. The van der Waals surface area contributed by atoms with Gasteiger partial charge in [0.15, 0.2) is 34.9 Å². The monoisotopic (exact) mass is 2070 g/mol. The molecule has 2 unspecified atom stereocenters. The number of para-hydroxylation sites is 8. The van der Waals surface area contributed by atoms with E-state index in [1.54, 1.807) is 50.3 Å². The van der Waals surface area contributed by atoms with Crippen LogP contribution in [0.3, 0.4) is 0 Å². The molecule has 4 aliphatic carbocycles. The van der Waals surface area contributed by atoms with Crippen molar-refractivity contribution in [2.45, 2.75) is 149 Å². The van der Waals surface area contributed by atoms with Crippen molar-refractivity contribution in [1.82, 2.24) is 88.0 Å². The van der Waals surface area contributed by atoms with E-state index in [0.717, 1.165) is 169 Å². The summed E-state index contributed by atoms with van der Waals surface area (Å²) >= 11 is 0. The molecule has 9 aromatic heterocycles. The smallest absolute Gasteiger partial charge is 0.239 e. The summed E-state index contributed by atoms with van der Waals surface area (Å²) in [5, 5.41) is 0.601. The Bertz CT molecular complexity index is 7410. The number of aryl methyl sites for hydroxylation is 1. The molecular weight excluding hydrogens is 1940 g/mol. The lowest BCUT2D eigenvalue weighted by Gasteiger charge is -2.34. The number of morpholine rings is 5. The van der Waals surface area contributed by atoms with Crippen LogP contribution in [0.2, 0.25) is 0 Å². The summed E-state index contributed by atoms with van der Waals surface area (Å²) < 4.78 is 129. The van der Waals surface area contributed by atoms with Crippen molar-refractivity contribution in [3.63, 3.8) is 0 Å². The summed E-state index contributed by atoms with van der Waals surface area (Å²) in [4.78, 5) is 76.3. The molecular formula is C100H123N29O11S5. The average Bonchev–Trinajstić information content (AvgIpc) is 1.65. The van der Waals surface area contributed by atoms with E-state index in [2.05, 4.69) is 121 Å². The van der Waals surface area contributed by atoms with Gasteiger partial charge in [-0.15, -0.1) is 0 Å². The summed E-state index contributed by atoms with van der Waals surface area (Å²) in [6.45, 7) is 23.5. The number of aromatic nitrogens is 18. The number of fused-ring (bicyclic) bond motifs is 4. The zero-order valence-corrected chi connectivity index (χ0v) is 87.3. The predicted molar refractivity (Wildman–Crippen MR) is 569 cm³/mol. The Kier molecular flexibility index (Phi) is 29.2. The van der Waals surface area contributed by atoms with Gasteiger partial charge in [0.05, 0.1) is 208 Å². The van der Waals surface area contributed by atoms with E-state index in [4.69, 9.17) is 64.1 Å². The molecule has 764 valence electrons. The van der Waals surface area contributed by atoms with E-state index >= 15 is 0 Å². The Balaban J connectivity index is 0.000000110. The molecule has 2 N–H and O–H groups in total. The fourth-order valence-electron chi connectivity index (χ4n) is 18.1. The lowest BCUT2D eigenvalue weighted by molar-refractivity contribution is 0.0431. The van der Waals surface area contributed by atoms with Gasteiger partial charge in [-0.3, -0.25) is 18.3 Å². The number of nitrogens with two attached hydrogens (primary N) is 1. The number of ether oxygens (including phenoxy) is 6. The van der Waals surface area contributed by atoms with Gasteiger partial charge < -0.3 is 58.7 Å². The summed E-state index contributed by atoms with van der Waals surface area (Å²) in [5.74, 6) is 9.36. The molecule has 6 aliphatic heterocycles. The number of rotatable bonds is 20. The van der Waals surface area contributed by atoms with Crippen LogP contribution in [0.25, 0.3) is 79.3 Å². The van der Waals surface area contributed by atoms with Crippen LogP contribution >= 0.6 is 0 Å². The van der Waals surface area contributed by atoms with Gasteiger partial charge in [-0.05, 0) is 154 Å². The average molecular weight is 2070 g/mol. The van der Waals surface area contributed by atoms with Crippen LogP contribution in [0.4, 0.5) is 63.9 Å². The first kappa shape index (κ1) is 100. The maximum absolute atomic E-state index is 13.2. The van der Waals surface area contributed by atoms with Gasteiger partial charge in [0.2, 0.25) is 23.8 Å². The van der Waals surface area contributed by atoms with Crippen LogP contribution in [0.15, 0.2) is 192 Å². The molecule has 14 aromatic rings. The van der Waals surface area contributed by atoms with Crippen LogP contribution < -0.4 is 30.2 Å². The molecule has 40 nitrogen and oxygen atoms in total. The first-order valence-corrected chi connectivity index (χ1v) is 59.2. The summed E-state index contributed by atoms with van der Waals surface area (Å²) in [7, 11) is -11.7. The van der Waals surface area contributed by atoms with Crippen molar-refractivity contribution in [2.75, 3.05) is 174 Å². The molecule has 10 atom stereocenters. The molecule has 15 heterocycles. The standard InChI is InChI=1S/C21H26N6O3S.3C20H24N6O2S.C19H25N5O2S/c1-14-11-29-9-8-26(14)20-10-19(25-31(3,28)16-12-30-13-16)23-21(24-20)27-15(2)22-17-6-4-5-7-18(17)27;3*1-14-12-28-10-9-25(14)19-11-18(24-29(2,27)15-7-8-15)22-20(23-19)26-13-21-16-5-3-4-6-17(16)26;1-13-12-26-9-8-24(13)18-11-17(23-27(2,25)16-6-7-16)21-19(22-18)14-4-3-5-15(20)10-14/h4-7,10,14,16H,8-9,11-13H2,1-3H3;3*3-6,11,13-15H,7-10,12H2,1-2H3;3-5,10-11,13,16H,6-9,12,20H2,1-2H3/t14-,31?;14-,29?;14-,29+;14-,29-;13-,27+/m11111/s1. The Morgan fingerprint density at radius 2 is 0.593 bits per heavy atom. The van der Waals surface area contributed by atoms with E-state index in [0.29, 0.717) is 144 Å². The molecule has 45 heteroatoms. The number of hydrogen-bond donors (Lipinski definition) is 1. The fourth-order valence-corrected chi connectivity index (χ4v) is 26.0. The van der Waals surface area contributed by atoms with Crippen LogP contribution in [0, 0.1) is 6.92 Å². The molecule has 0 radical (unpaired) electrons. The minimum Gasteiger partial charge on any atom is -0.399 e. The van der Waals surface area contributed by atoms with Gasteiger partial charge in [0.25, 0.3) is 0 Å². The Morgan fingerprint density at radius 3 is 0.903 bits per heavy atom. The van der Waals surface area contributed by atoms with Crippen molar-refractivity contribution >= 4 is 157 Å².